The monoisotopic (exact) mass is 535 g/mol. The molecule has 0 bridgehead atoms. The molecule has 0 aromatic carbocycles. The minimum Gasteiger partial charge on any atom is -0.475 e. The summed E-state index contributed by atoms with van der Waals surface area (Å²) in [5.74, 6) is -4.70. The number of thiophene rings is 1. The summed E-state index contributed by atoms with van der Waals surface area (Å²) in [7, 11) is 1.75. The van der Waals surface area contributed by atoms with E-state index in [1.54, 1.807) is 18.4 Å². The van der Waals surface area contributed by atoms with E-state index in [4.69, 9.17) is 19.8 Å². The van der Waals surface area contributed by atoms with Crippen LogP contribution in [0.3, 0.4) is 0 Å². The summed E-state index contributed by atoms with van der Waals surface area (Å²) in [6.45, 7) is 7.68. The maximum Gasteiger partial charge on any atom is 0.490 e. The third-order valence-corrected chi connectivity index (χ3v) is 6.10. The molecule has 2 aliphatic rings. The van der Waals surface area contributed by atoms with Gasteiger partial charge < -0.3 is 15.5 Å². The molecule has 3 N–H and O–H groups in total. The lowest BCUT2D eigenvalue weighted by Crippen LogP contribution is -2.50. The van der Waals surface area contributed by atoms with Crippen LogP contribution in [0.15, 0.2) is 16.8 Å². The zero-order valence-electron chi connectivity index (χ0n) is 19.1. The first-order chi connectivity index (χ1) is 16.0. The molecule has 0 saturated carbocycles. The predicted octanol–water partition coefficient (Wildman–Crippen LogP) is 3.04. The Hall–Kier alpha value is -2.39. The summed E-state index contributed by atoms with van der Waals surface area (Å²) in [6.07, 6.45) is -9.16. The quantitative estimate of drug-likeness (QED) is 0.509. The summed E-state index contributed by atoms with van der Waals surface area (Å²) in [4.78, 5) is 34.9. The minimum absolute atomic E-state index is 0.0632. The van der Waals surface area contributed by atoms with Gasteiger partial charge in [0, 0.05) is 38.8 Å². The number of halogens is 6. The number of amides is 1. The number of carbonyl (C=O) groups is 3. The first-order valence-corrected chi connectivity index (χ1v) is 11.3. The van der Waals surface area contributed by atoms with E-state index in [0.717, 1.165) is 26.1 Å². The van der Waals surface area contributed by atoms with Gasteiger partial charge >= 0.3 is 24.3 Å². The molecule has 3 atom stereocenters. The van der Waals surface area contributed by atoms with Gasteiger partial charge in [-0.25, -0.2) is 9.59 Å². The molecular formula is C20H27F6N3O5S. The molecular weight excluding hydrogens is 508 g/mol. The molecule has 1 aromatic heterocycles. The zero-order valence-corrected chi connectivity index (χ0v) is 19.9. The van der Waals surface area contributed by atoms with Crippen LogP contribution in [0.25, 0.3) is 0 Å². The number of alkyl halides is 6. The van der Waals surface area contributed by atoms with Crippen LogP contribution in [-0.2, 0) is 20.9 Å². The van der Waals surface area contributed by atoms with Gasteiger partial charge in [-0.2, -0.15) is 37.7 Å². The van der Waals surface area contributed by atoms with Crippen LogP contribution < -0.4 is 5.32 Å². The van der Waals surface area contributed by atoms with Gasteiger partial charge in [0.1, 0.15) is 0 Å². The van der Waals surface area contributed by atoms with Crippen molar-refractivity contribution >= 4 is 29.2 Å². The van der Waals surface area contributed by atoms with Gasteiger partial charge in [0.15, 0.2) is 0 Å². The van der Waals surface area contributed by atoms with E-state index < -0.39 is 24.3 Å². The highest BCUT2D eigenvalue weighted by Gasteiger charge is 2.49. The van der Waals surface area contributed by atoms with Crippen LogP contribution in [-0.4, -0.2) is 88.5 Å². The average Bonchev–Trinajstić information content (AvgIpc) is 3.43. The van der Waals surface area contributed by atoms with Gasteiger partial charge in [0.05, 0.1) is 6.04 Å². The van der Waals surface area contributed by atoms with E-state index in [0.29, 0.717) is 18.0 Å². The summed E-state index contributed by atoms with van der Waals surface area (Å²) in [5, 5.41) is 21.5. The van der Waals surface area contributed by atoms with Gasteiger partial charge in [-0.05, 0) is 48.6 Å². The van der Waals surface area contributed by atoms with E-state index in [9.17, 15) is 31.1 Å². The molecule has 0 radical (unpaired) electrons. The van der Waals surface area contributed by atoms with Crippen molar-refractivity contribution < 1.29 is 50.9 Å². The number of hydrogen-bond donors (Lipinski definition) is 3. The highest BCUT2D eigenvalue weighted by Crippen LogP contribution is 2.37. The maximum atomic E-state index is 12.1. The van der Waals surface area contributed by atoms with Crippen LogP contribution in [0.1, 0.15) is 25.8 Å². The standard InChI is InChI=1S/C16H25N3OS.2C2HF3O2/c1-11(2)19-14(16(20)17-3)6-13-8-18(9-15(13)19)7-12-4-5-21-10-12;2*3-2(4,5)1(6)7/h4-5,10-11,13-15H,6-9H2,1-3H3,(H,17,20);2*(H,6,7)/t13-,14-,15+;;/m0../s1. The number of carbonyl (C=O) groups excluding carboxylic acids is 1. The number of nitrogens with zero attached hydrogens (tertiary/aromatic N) is 2. The SMILES string of the molecule is CNC(=O)[C@@H]1C[C@H]2CN(Cc3ccsc3)C[C@H]2N1C(C)C.O=C(O)C(F)(F)F.O=C(O)C(F)(F)F. The Morgan fingerprint density at radius 3 is 1.97 bits per heavy atom. The van der Waals surface area contributed by atoms with Gasteiger partial charge in [-0.1, -0.05) is 0 Å². The molecule has 3 heterocycles. The predicted molar refractivity (Wildman–Crippen MR) is 114 cm³/mol. The van der Waals surface area contributed by atoms with E-state index in [1.165, 1.54) is 5.56 Å². The van der Waals surface area contributed by atoms with Crippen LogP contribution in [0.5, 0.6) is 0 Å². The molecule has 0 spiro atoms. The highest BCUT2D eigenvalue weighted by molar-refractivity contribution is 7.07. The topological polar surface area (TPSA) is 110 Å². The first-order valence-electron chi connectivity index (χ1n) is 10.3. The number of rotatable bonds is 4. The van der Waals surface area contributed by atoms with E-state index in [2.05, 4.69) is 45.8 Å². The Kier molecular flexibility index (Phi) is 11.0. The highest BCUT2D eigenvalue weighted by atomic mass is 32.1. The number of carboxylic acid groups (broad SMARTS) is 2. The minimum atomic E-state index is -5.08. The normalized spacial score (nSPS) is 22.5. The third kappa shape index (κ3) is 9.29. The van der Waals surface area contributed by atoms with Crippen molar-refractivity contribution in [1.29, 1.82) is 0 Å². The number of likely N-dealkylation sites (tertiary alicyclic amines) is 2. The lowest BCUT2D eigenvalue weighted by molar-refractivity contribution is -0.193. The van der Waals surface area contributed by atoms with Gasteiger partial charge in [0.25, 0.3) is 0 Å². The fourth-order valence-corrected chi connectivity index (χ4v) is 4.73. The Morgan fingerprint density at radius 2 is 1.60 bits per heavy atom. The summed E-state index contributed by atoms with van der Waals surface area (Å²) < 4.78 is 63.5. The Labute approximate surface area is 201 Å². The fourth-order valence-electron chi connectivity index (χ4n) is 4.07. The fraction of sp³-hybridized carbons (Fsp3) is 0.650. The van der Waals surface area contributed by atoms with Crippen molar-refractivity contribution in [3.8, 4) is 0 Å². The van der Waals surface area contributed by atoms with E-state index in [-0.39, 0.29) is 11.9 Å². The largest absolute Gasteiger partial charge is 0.490 e. The molecule has 0 aliphatic carbocycles. The Balaban J connectivity index is 0.000000362. The van der Waals surface area contributed by atoms with Crippen molar-refractivity contribution in [3.63, 3.8) is 0 Å². The van der Waals surface area contributed by atoms with Crippen molar-refractivity contribution in [3.05, 3.63) is 22.4 Å². The average molecular weight is 536 g/mol. The van der Waals surface area contributed by atoms with E-state index in [1.807, 2.05) is 0 Å². The third-order valence-electron chi connectivity index (χ3n) is 5.37. The number of nitrogens with one attached hydrogen (secondary N) is 1. The van der Waals surface area contributed by atoms with Gasteiger partial charge in [-0.3, -0.25) is 14.6 Å². The van der Waals surface area contributed by atoms with Crippen molar-refractivity contribution in [2.45, 2.75) is 57.3 Å². The first kappa shape index (κ1) is 30.6. The van der Waals surface area contributed by atoms with Crippen molar-refractivity contribution in [2.24, 2.45) is 5.92 Å². The lowest BCUT2D eigenvalue weighted by atomic mass is 10.0. The van der Waals surface area contributed by atoms with Gasteiger partial charge in [0.2, 0.25) is 5.91 Å². The molecule has 35 heavy (non-hydrogen) atoms. The number of aliphatic carboxylic acids is 2. The molecule has 200 valence electrons. The number of likely N-dealkylation sites (N-methyl/N-ethyl adjacent to an activating group) is 1. The summed E-state index contributed by atoms with van der Waals surface area (Å²) in [5.41, 5.74) is 1.42. The number of carboxylic acids is 2. The lowest BCUT2D eigenvalue weighted by Gasteiger charge is -2.33. The smallest absolute Gasteiger partial charge is 0.475 e. The second kappa shape index (κ2) is 12.5. The Morgan fingerprint density at radius 1 is 1.09 bits per heavy atom. The molecule has 2 fully saturated rings. The number of hydrogen-bond acceptors (Lipinski definition) is 6. The summed E-state index contributed by atoms with van der Waals surface area (Å²) >= 11 is 1.77. The second-order valence-electron chi connectivity index (χ2n) is 8.17. The molecule has 2 aliphatic heterocycles. The Bertz CT molecular complexity index is 823. The second-order valence-corrected chi connectivity index (χ2v) is 8.95. The molecule has 3 rings (SSSR count). The molecule has 15 heteroatoms. The van der Waals surface area contributed by atoms with E-state index >= 15 is 0 Å². The van der Waals surface area contributed by atoms with Crippen LogP contribution in [0, 0.1) is 5.92 Å². The molecule has 0 unspecified atom stereocenters. The van der Waals surface area contributed by atoms with Crippen molar-refractivity contribution in [1.82, 2.24) is 15.1 Å². The molecule has 1 amide bonds. The number of fused-ring (bicyclic) bond motifs is 1. The van der Waals surface area contributed by atoms with Crippen LogP contribution in [0.2, 0.25) is 0 Å². The molecule has 8 nitrogen and oxygen atoms in total. The molecule has 1 aromatic rings. The zero-order chi connectivity index (χ0) is 27.1. The summed E-state index contributed by atoms with van der Waals surface area (Å²) in [6, 6.07) is 3.23. The van der Waals surface area contributed by atoms with Gasteiger partial charge in [-0.15, -0.1) is 0 Å². The van der Waals surface area contributed by atoms with Crippen LogP contribution >= 0.6 is 11.3 Å². The van der Waals surface area contributed by atoms with Crippen molar-refractivity contribution in [2.75, 3.05) is 20.1 Å². The molecule has 2 saturated heterocycles. The van der Waals surface area contributed by atoms with Crippen LogP contribution in [0.4, 0.5) is 26.3 Å². The maximum absolute atomic E-state index is 12.1.